The van der Waals surface area contributed by atoms with Crippen molar-refractivity contribution in [1.82, 2.24) is 0 Å². The number of fused-ring (bicyclic) bond motifs is 1. The number of aryl methyl sites for hydroxylation is 1. The molecule has 1 amide bonds. The third-order valence-electron chi connectivity index (χ3n) is 5.33. The van der Waals surface area contributed by atoms with Crippen molar-refractivity contribution in [1.29, 1.82) is 0 Å². The molecule has 0 radical (unpaired) electrons. The Kier molecular flexibility index (Phi) is 5.04. The molecule has 2 atom stereocenters. The smallest absolute Gasteiger partial charge is 0.258 e. The molecular formula is C24H22INO. The van der Waals surface area contributed by atoms with E-state index in [1.165, 1.54) is 16.7 Å². The third kappa shape index (κ3) is 3.53. The Morgan fingerprint density at radius 2 is 1.78 bits per heavy atom. The van der Waals surface area contributed by atoms with Gasteiger partial charge in [-0.05, 0) is 78.3 Å². The lowest BCUT2D eigenvalue weighted by molar-refractivity contribution is 0.0974. The number of nitrogens with zero attached hydrogens (tertiary/aromatic N) is 1. The van der Waals surface area contributed by atoms with Crippen LogP contribution in [0.4, 0.5) is 5.69 Å². The van der Waals surface area contributed by atoms with Crippen molar-refractivity contribution in [3.8, 4) is 0 Å². The number of amides is 1. The van der Waals surface area contributed by atoms with E-state index in [-0.39, 0.29) is 11.9 Å². The molecule has 3 heteroatoms. The molecular weight excluding hydrogens is 445 g/mol. The molecule has 27 heavy (non-hydrogen) atoms. The Bertz CT molecular complexity index is 983. The first-order valence-electron chi connectivity index (χ1n) is 9.29. The fraction of sp³-hybridized carbons (Fsp3) is 0.208. The van der Waals surface area contributed by atoms with Crippen LogP contribution in [-0.2, 0) is 0 Å². The first kappa shape index (κ1) is 18.2. The maximum Gasteiger partial charge on any atom is 0.258 e. The molecule has 1 heterocycles. The summed E-state index contributed by atoms with van der Waals surface area (Å²) in [6, 6.07) is 25.1. The van der Waals surface area contributed by atoms with Crippen molar-refractivity contribution in [3.05, 3.63) is 98.6 Å². The Balaban J connectivity index is 1.81. The molecule has 1 aliphatic rings. The lowest BCUT2D eigenvalue weighted by Gasteiger charge is -2.40. The zero-order valence-corrected chi connectivity index (χ0v) is 17.7. The highest BCUT2D eigenvalue weighted by Gasteiger charge is 2.34. The minimum absolute atomic E-state index is 0.0811. The summed E-state index contributed by atoms with van der Waals surface area (Å²) in [6.07, 6.45) is 0.927. The standard InChI is InChI=1S/C24H22INO/c1-16-11-12-23-22(13-16)21(18-7-4-3-5-8-18)14-17(2)26(23)24(27)19-9-6-10-20(25)15-19/h3-13,15,17,21H,14H2,1-2H3. The largest absolute Gasteiger partial charge is 0.305 e. The van der Waals surface area contributed by atoms with Gasteiger partial charge in [-0.25, -0.2) is 0 Å². The van der Waals surface area contributed by atoms with E-state index in [9.17, 15) is 4.79 Å². The van der Waals surface area contributed by atoms with Gasteiger partial charge in [-0.3, -0.25) is 4.79 Å². The lowest BCUT2D eigenvalue weighted by atomic mass is 9.80. The minimum Gasteiger partial charge on any atom is -0.305 e. The SMILES string of the molecule is Cc1ccc2c(c1)C(c1ccccc1)CC(C)N2C(=O)c1cccc(I)c1. The van der Waals surface area contributed by atoms with E-state index >= 15 is 0 Å². The Morgan fingerprint density at radius 3 is 2.52 bits per heavy atom. The summed E-state index contributed by atoms with van der Waals surface area (Å²) < 4.78 is 1.08. The van der Waals surface area contributed by atoms with E-state index in [0.29, 0.717) is 5.92 Å². The highest BCUT2D eigenvalue weighted by Crippen LogP contribution is 2.43. The van der Waals surface area contributed by atoms with Crippen LogP contribution < -0.4 is 4.90 Å². The van der Waals surface area contributed by atoms with E-state index < -0.39 is 0 Å². The van der Waals surface area contributed by atoms with Gasteiger partial charge < -0.3 is 4.90 Å². The second kappa shape index (κ2) is 7.47. The van der Waals surface area contributed by atoms with Gasteiger partial charge in [-0.1, -0.05) is 54.1 Å². The number of halogens is 1. The Morgan fingerprint density at radius 1 is 1.00 bits per heavy atom. The van der Waals surface area contributed by atoms with E-state index in [1.807, 2.05) is 29.2 Å². The number of benzene rings is 3. The summed E-state index contributed by atoms with van der Waals surface area (Å²) in [5.74, 6) is 0.397. The van der Waals surface area contributed by atoms with Crippen molar-refractivity contribution in [2.24, 2.45) is 0 Å². The Hall–Kier alpha value is -2.14. The first-order valence-corrected chi connectivity index (χ1v) is 10.4. The molecule has 2 unspecified atom stereocenters. The lowest BCUT2D eigenvalue weighted by Crippen LogP contribution is -2.43. The van der Waals surface area contributed by atoms with Crippen LogP contribution in [0.3, 0.4) is 0 Å². The van der Waals surface area contributed by atoms with Gasteiger partial charge in [0.25, 0.3) is 5.91 Å². The van der Waals surface area contributed by atoms with E-state index in [2.05, 4.69) is 85.0 Å². The number of rotatable bonds is 2. The van der Waals surface area contributed by atoms with Gasteiger partial charge >= 0.3 is 0 Å². The summed E-state index contributed by atoms with van der Waals surface area (Å²) >= 11 is 2.26. The molecule has 1 aliphatic heterocycles. The average molecular weight is 467 g/mol. The van der Waals surface area contributed by atoms with Crippen molar-refractivity contribution in [2.45, 2.75) is 32.2 Å². The van der Waals surface area contributed by atoms with E-state index in [0.717, 1.165) is 21.2 Å². The average Bonchev–Trinajstić information content (AvgIpc) is 2.68. The summed E-state index contributed by atoms with van der Waals surface area (Å²) in [4.78, 5) is 15.4. The van der Waals surface area contributed by atoms with Crippen LogP contribution >= 0.6 is 22.6 Å². The van der Waals surface area contributed by atoms with Crippen LogP contribution in [-0.4, -0.2) is 11.9 Å². The van der Waals surface area contributed by atoms with Gasteiger partial charge in [0.1, 0.15) is 0 Å². The molecule has 0 saturated heterocycles. The topological polar surface area (TPSA) is 20.3 Å². The molecule has 0 saturated carbocycles. The van der Waals surface area contributed by atoms with Gasteiger partial charge in [0, 0.05) is 26.8 Å². The van der Waals surface area contributed by atoms with E-state index in [1.54, 1.807) is 0 Å². The predicted molar refractivity (Wildman–Crippen MR) is 120 cm³/mol. The van der Waals surface area contributed by atoms with Crippen molar-refractivity contribution in [2.75, 3.05) is 4.90 Å². The predicted octanol–water partition coefficient (Wildman–Crippen LogP) is 6.17. The number of carbonyl (C=O) groups excluding carboxylic acids is 1. The van der Waals surface area contributed by atoms with Gasteiger partial charge in [-0.2, -0.15) is 0 Å². The zero-order valence-electron chi connectivity index (χ0n) is 15.5. The highest BCUT2D eigenvalue weighted by atomic mass is 127. The molecule has 0 aliphatic carbocycles. The molecule has 136 valence electrons. The normalized spacial score (nSPS) is 18.9. The van der Waals surface area contributed by atoms with Crippen molar-refractivity contribution in [3.63, 3.8) is 0 Å². The van der Waals surface area contributed by atoms with Gasteiger partial charge in [0.2, 0.25) is 0 Å². The molecule has 2 nitrogen and oxygen atoms in total. The molecule has 3 aromatic carbocycles. The maximum atomic E-state index is 13.4. The molecule has 0 bridgehead atoms. The quantitative estimate of drug-likeness (QED) is 0.413. The van der Waals surface area contributed by atoms with Crippen LogP contribution in [0.1, 0.15) is 46.3 Å². The molecule has 0 aromatic heterocycles. The van der Waals surface area contributed by atoms with Gasteiger partial charge in [0.15, 0.2) is 0 Å². The third-order valence-corrected chi connectivity index (χ3v) is 6.00. The van der Waals surface area contributed by atoms with Crippen LogP contribution in [0.5, 0.6) is 0 Å². The fourth-order valence-electron chi connectivity index (χ4n) is 4.05. The molecule has 3 aromatic rings. The summed E-state index contributed by atoms with van der Waals surface area (Å²) in [5, 5.41) is 0. The molecule has 4 rings (SSSR count). The maximum absolute atomic E-state index is 13.4. The zero-order chi connectivity index (χ0) is 19.0. The van der Waals surface area contributed by atoms with E-state index in [4.69, 9.17) is 0 Å². The number of hydrogen-bond donors (Lipinski definition) is 0. The first-order chi connectivity index (χ1) is 13.0. The monoisotopic (exact) mass is 467 g/mol. The van der Waals surface area contributed by atoms with Gasteiger partial charge in [-0.15, -0.1) is 0 Å². The van der Waals surface area contributed by atoms with Crippen LogP contribution in [0.15, 0.2) is 72.8 Å². The number of anilines is 1. The van der Waals surface area contributed by atoms with Crippen molar-refractivity contribution >= 4 is 34.2 Å². The molecule has 0 fully saturated rings. The number of carbonyl (C=O) groups is 1. The number of hydrogen-bond acceptors (Lipinski definition) is 1. The summed E-state index contributed by atoms with van der Waals surface area (Å²) in [6.45, 7) is 4.27. The Labute approximate surface area is 174 Å². The van der Waals surface area contributed by atoms with Crippen LogP contribution in [0.25, 0.3) is 0 Å². The van der Waals surface area contributed by atoms with Crippen LogP contribution in [0, 0.1) is 10.5 Å². The summed E-state index contributed by atoms with van der Waals surface area (Å²) in [7, 11) is 0. The minimum atomic E-state index is 0.0811. The van der Waals surface area contributed by atoms with Crippen molar-refractivity contribution < 1.29 is 4.79 Å². The van der Waals surface area contributed by atoms with Crippen LogP contribution in [0.2, 0.25) is 0 Å². The molecule has 0 N–H and O–H groups in total. The second-order valence-electron chi connectivity index (χ2n) is 7.30. The molecule has 0 spiro atoms. The fourth-order valence-corrected chi connectivity index (χ4v) is 4.60. The summed E-state index contributed by atoms with van der Waals surface area (Å²) in [5.41, 5.74) is 5.58. The second-order valence-corrected chi connectivity index (χ2v) is 8.54. The highest BCUT2D eigenvalue weighted by molar-refractivity contribution is 14.1. The van der Waals surface area contributed by atoms with Gasteiger partial charge in [0.05, 0.1) is 0 Å².